The Morgan fingerprint density at radius 1 is 1.29 bits per heavy atom. The maximum atomic E-state index is 12.1. The summed E-state index contributed by atoms with van der Waals surface area (Å²) in [6.45, 7) is 8.07. The minimum atomic E-state index is -4.62. The molecule has 2 nitrogen and oxygen atoms in total. The van der Waals surface area contributed by atoms with Gasteiger partial charge >= 0.3 is 12.1 Å². The van der Waals surface area contributed by atoms with Gasteiger partial charge in [-0.2, -0.15) is 13.2 Å². The molecule has 0 aromatic carbocycles. The number of hydrogen-bond donors (Lipinski definition) is 1. The summed E-state index contributed by atoms with van der Waals surface area (Å²) in [7, 11) is 0. The van der Waals surface area contributed by atoms with E-state index < -0.39 is 28.5 Å². The summed E-state index contributed by atoms with van der Waals surface area (Å²) in [4.78, 5) is 10.7. The smallest absolute Gasteiger partial charge is 0.426 e. The Morgan fingerprint density at radius 2 is 1.65 bits per heavy atom. The number of aliphatic carboxylic acids is 1. The molecule has 0 aromatic heterocycles. The zero-order valence-corrected chi connectivity index (χ0v) is 11.3. The Balaban J connectivity index is 0. The van der Waals surface area contributed by atoms with E-state index in [2.05, 4.69) is 0 Å². The molecule has 1 atom stereocenters. The molecule has 1 N–H and O–H groups in total. The van der Waals surface area contributed by atoms with Gasteiger partial charge in [-0.15, -0.1) is 0 Å². The Labute approximate surface area is 104 Å². The molecule has 0 amide bonds. The largest absolute Gasteiger partial charge is 0.481 e. The van der Waals surface area contributed by atoms with E-state index in [0.29, 0.717) is 0 Å². The number of halogens is 4. The molecule has 0 aliphatic heterocycles. The average Bonchev–Trinajstić information content (AvgIpc) is 2.18. The van der Waals surface area contributed by atoms with Crippen LogP contribution in [0.4, 0.5) is 13.2 Å². The number of carbonyl (C=O) groups is 1. The number of hydrogen-bond acceptors (Lipinski definition) is 1. The molecule has 0 rings (SSSR count). The molecular formula is C11H18ClF3O2. The first-order chi connectivity index (χ1) is 7.49. The molecule has 0 saturated heterocycles. The number of carboxylic acids is 1. The van der Waals surface area contributed by atoms with Crippen LogP contribution in [-0.4, -0.2) is 17.3 Å². The van der Waals surface area contributed by atoms with Crippen molar-refractivity contribution in [3.8, 4) is 0 Å². The summed E-state index contributed by atoms with van der Waals surface area (Å²) in [5.74, 6) is -1.98. The van der Waals surface area contributed by atoms with Crippen molar-refractivity contribution in [1.82, 2.24) is 0 Å². The van der Waals surface area contributed by atoms with Gasteiger partial charge < -0.3 is 5.11 Å². The van der Waals surface area contributed by atoms with Crippen LogP contribution >= 0.6 is 11.6 Å². The van der Waals surface area contributed by atoms with Crippen LogP contribution < -0.4 is 0 Å². The average molecular weight is 275 g/mol. The van der Waals surface area contributed by atoms with Crippen LogP contribution in [0.15, 0.2) is 11.1 Å². The van der Waals surface area contributed by atoms with Crippen molar-refractivity contribution in [1.29, 1.82) is 0 Å². The molecule has 0 aliphatic carbocycles. The predicted octanol–water partition coefficient (Wildman–Crippen LogP) is 4.44. The van der Waals surface area contributed by atoms with Gasteiger partial charge in [0.05, 0.1) is 5.41 Å². The third-order valence-corrected chi connectivity index (χ3v) is 2.70. The number of carboxylic acid groups (broad SMARTS) is 1. The highest BCUT2D eigenvalue weighted by Gasteiger charge is 2.37. The van der Waals surface area contributed by atoms with Crippen molar-refractivity contribution >= 4 is 17.6 Å². The molecule has 6 heteroatoms. The van der Waals surface area contributed by atoms with Crippen molar-refractivity contribution in [3.05, 3.63) is 11.1 Å². The maximum Gasteiger partial charge on any atom is 0.426 e. The van der Waals surface area contributed by atoms with Gasteiger partial charge in [-0.3, -0.25) is 4.79 Å². The Kier molecular flexibility index (Phi) is 7.56. The lowest BCUT2D eigenvalue weighted by molar-refractivity contribution is -0.148. The standard InChI is InChI=1S/C9H12ClF3O2.C2H6/c1-5(8(2,3)7(14)15)4-6(10)9(11,12)13;1-2/h4-5H,1-3H3,(H,14,15);1-2H3/b6-4-;/t5-;/m1./s1. The van der Waals surface area contributed by atoms with E-state index in [1.165, 1.54) is 20.8 Å². The predicted molar refractivity (Wildman–Crippen MR) is 61.9 cm³/mol. The van der Waals surface area contributed by atoms with Gasteiger partial charge in [0, 0.05) is 0 Å². The summed E-state index contributed by atoms with van der Waals surface area (Å²) >= 11 is 5.01. The monoisotopic (exact) mass is 274 g/mol. The zero-order chi connectivity index (χ0) is 14.4. The Hall–Kier alpha value is -0.710. The molecule has 0 radical (unpaired) electrons. The van der Waals surface area contributed by atoms with Gasteiger partial charge in [0.1, 0.15) is 5.03 Å². The van der Waals surface area contributed by atoms with E-state index in [-0.39, 0.29) is 0 Å². The molecule has 0 aromatic rings. The van der Waals surface area contributed by atoms with Gasteiger partial charge in [-0.1, -0.05) is 38.4 Å². The van der Waals surface area contributed by atoms with Crippen LogP contribution in [0.1, 0.15) is 34.6 Å². The van der Waals surface area contributed by atoms with Gasteiger partial charge in [0.15, 0.2) is 0 Å². The molecular weight excluding hydrogens is 257 g/mol. The summed E-state index contributed by atoms with van der Waals surface area (Å²) in [5.41, 5.74) is -1.29. The van der Waals surface area contributed by atoms with Gasteiger partial charge in [-0.05, 0) is 19.8 Å². The molecule has 102 valence electrons. The topological polar surface area (TPSA) is 37.3 Å². The molecule has 0 fully saturated rings. The van der Waals surface area contributed by atoms with Crippen LogP contribution in [0.2, 0.25) is 0 Å². The van der Waals surface area contributed by atoms with Crippen LogP contribution in [0, 0.1) is 11.3 Å². The first kappa shape index (κ1) is 18.6. The van der Waals surface area contributed by atoms with E-state index >= 15 is 0 Å². The highest BCUT2D eigenvalue weighted by atomic mass is 35.5. The molecule has 0 heterocycles. The van der Waals surface area contributed by atoms with Crippen molar-refractivity contribution < 1.29 is 23.1 Å². The zero-order valence-electron chi connectivity index (χ0n) is 10.5. The van der Waals surface area contributed by atoms with Gasteiger partial charge in [-0.25, -0.2) is 0 Å². The summed E-state index contributed by atoms with van der Waals surface area (Å²) in [6, 6.07) is 0. The summed E-state index contributed by atoms with van der Waals surface area (Å²) in [6.07, 6.45) is -3.90. The minimum absolute atomic E-state index is 0.718. The normalized spacial score (nSPS) is 14.8. The fraction of sp³-hybridized carbons (Fsp3) is 0.727. The fourth-order valence-corrected chi connectivity index (χ4v) is 0.906. The van der Waals surface area contributed by atoms with Crippen molar-refractivity contribution in [3.63, 3.8) is 0 Å². The quantitative estimate of drug-likeness (QED) is 0.826. The van der Waals surface area contributed by atoms with Crippen LogP contribution in [0.25, 0.3) is 0 Å². The SMILES string of the molecule is CC.C[C@H](/C=C(\Cl)C(F)(F)F)C(C)(C)C(=O)O. The lowest BCUT2D eigenvalue weighted by Gasteiger charge is -2.25. The maximum absolute atomic E-state index is 12.1. The second-order valence-corrected chi connectivity index (χ2v) is 4.24. The van der Waals surface area contributed by atoms with E-state index in [9.17, 15) is 18.0 Å². The fourth-order valence-electron chi connectivity index (χ4n) is 0.717. The molecule has 0 saturated carbocycles. The highest BCUT2D eigenvalue weighted by molar-refractivity contribution is 6.30. The van der Waals surface area contributed by atoms with Crippen LogP contribution in [0.5, 0.6) is 0 Å². The number of alkyl halides is 3. The second-order valence-electron chi connectivity index (χ2n) is 3.83. The van der Waals surface area contributed by atoms with E-state index in [0.717, 1.165) is 6.08 Å². The first-order valence-electron chi connectivity index (χ1n) is 5.17. The minimum Gasteiger partial charge on any atom is -0.481 e. The summed E-state index contributed by atoms with van der Waals surface area (Å²) in [5, 5.41) is 7.49. The molecule has 0 aliphatic rings. The van der Waals surface area contributed by atoms with E-state index in [1.54, 1.807) is 0 Å². The van der Waals surface area contributed by atoms with Crippen LogP contribution in [0.3, 0.4) is 0 Å². The van der Waals surface area contributed by atoms with E-state index in [4.69, 9.17) is 16.7 Å². The Morgan fingerprint density at radius 3 is 1.88 bits per heavy atom. The summed E-state index contributed by atoms with van der Waals surface area (Å²) < 4.78 is 36.2. The molecule has 0 spiro atoms. The van der Waals surface area contributed by atoms with Crippen molar-refractivity contribution in [2.45, 2.75) is 40.8 Å². The number of allylic oxidation sites excluding steroid dienone is 2. The van der Waals surface area contributed by atoms with Gasteiger partial charge in [0.25, 0.3) is 0 Å². The number of rotatable bonds is 3. The first-order valence-corrected chi connectivity index (χ1v) is 5.55. The molecule has 0 unspecified atom stereocenters. The molecule has 0 bridgehead atoms. The third kappa shape index (κ3) is 5.96. The van der Waals surface area contributed by atoms with Gasteiger partial charge in [0.2, 0.25) is 0 Å². The van der Waals surface area contributed by atoms with Crippen molar-refractivity contribution in [2.75, 3.05) is 0 Å². The van der Waals surface area contributed by atoms with Crippen LogP contribution in [-0.2, 0) is 4.79 Å². The second kappa shape index (κ2) is 6.89. The highest BCUT2D eigenvalue weighted by Crippen LogP contribution is 2.34. The molecule has 17 heavy (non-hydrogen) atoms. The van der Waals surface area contributed by atoms with E-state index in [1.807, 2.05) is 13.8 Å². The van der Waals surface area contributed by atoms with Crippen molar-refractivity contribution in [2.24, 2.45) is 11.3 Å². The Bertz CT molecular complexity index is 283. The lowest BCUT2D eigenvalue weighted by Crippen LogP contribution is -2.30. The third-order valence-electron chi connectivity index (χ3n) is 2.36. The lowest BCUT2D eigenvalue weighted by atomic mass is 9.80.